The van der Waals surface area contributed by atoms with Crippen LogP contribution in [0.25, 0.3) is 0 Å². The summed E-state index contributed by atoms with van der Waals surface area (Å²) in [5.41, 5.74) is 0. The summed E-state index contributed by atoms with van der Waals surface area (Å²) in [5, 5.41) is 3.41. The third-order valence-electron chi connectivity index (χ3n) is 2.14. The number of hydrogen-bond acceptors (Lipinski definition) is 2. The maximum Gasteiger partial charge on any atom is -0.000907 e. The molecule has 2 saturated heterocycles. The van der Waals surface area contributed by atoms with E-state index in [9.17, 15) is 0 Å². The third-order valence-corrected chi connectivity index (χ3v) is 3.47. The maximum atomic E-state index is 3.41. The van der Waals surface area contributed by atoms with E-state index in [-0.39, 0.29) is 0 Å². The lowest BCUT2D eigenvalue weighted by Crippen LogP contribution is -2.09. The topological polar surface area (TPSA) is 12.0 Å². The van der Waals surface area contributed by atoms with Gasteiger partial charge in [-0.3, -0.25) is 0 Å². The Morgan fingerprint density at radius 3 is 2.38 bits per heavy atom. The molecule has 0 bridgehead atoms. The van der Waals surface area contributed by atoms with Crippen LogP contribution in [0.2, 0.25) is 0 Å². The average molecular weight is 129 g/mol. The zero-order chi connectivity index (χ0) is 5.40. The Bertz CT molecular complexity index is 74.5. The van der Waals surface area contributed by atoms with E-state index in [0.29, 0.717) is 0 Å². The normalized spacial score (nSPS) is 45.0. The zero-order valence-electron chi connectivity index (χ0n) is 4.89. The number of hydrogen-bond donors (Lipinski definition) is 1. The Morgan fingerprint density at radius 1 is 1.12 bits per heavy atom. The van der Waals surface area contributed by atoms with E-state index in [4.69, 9.17) is 0 Å². The van der Waals surface area contributed by atoms with E-state index < -0.39 is 0 Å². The largest absolute Gasteiger partial charge is 0.316 e. The summed E-state index contributed by atoms with van der Waals surface area (Å²) in [6, 6.07) is 0. The molecule has 1 nitrogen and oxygen atoms in total. The van der Waals surface area contributed by atoms with Gasteiger partial charge in [0.1, 0.15) is 0 Å². The Morgan fingerprint density at radius 2 is 1.75 bits per heavy atom. The summed E-state index contributed by atoms with van der Waals surface area (Å²) in [6.45, 7) is 2.58. The van der Waals surface area contributed by atoms with Crippen molar-refractivity contribution in [2.75, 3.05) is 24.6 Å². The molecule has 2 unspecified atom stereocenters. The van der Waals surface area contributed by atoms with Gasteiger partial charge in [-0.2, -0.15) is 11.8 Å². The van der Waals surface area contributed by atoms with Crippen LogP contribution in [0.15, 0.2) is 0 Å². The van der Waals surface area contributed by atoms with Crippen LogP contribution in [0.1, 0.15) is 0 Å². The van der Waals surface area contributed by atoms with Gasteiger partial charge in [-0.25, -0.2) is 0 Å². The highest BCUT2D eigenvalue weighted by Crippen LogP contribution is 2.31. The molecule has 0 spiro atoms. The summed E-state index contributed by atoms with van der Waals surface area (Å²) in [7, 11) is 0. The highest BCUT2D eigenvalue weighted by Gasteiger charge is 2.31. The number of fused-ring (bicyclic) bond motifs is 1. The third kappa shape index (κ3) is 0.669. The molecule has 2 heterocycles. The Balaban J connectivity index is 2.04. The van der Waals surface area contributed by atoms with Gasteiger partial charge >= 0.3 is 0 Å². The minimum atomic E-state index is 1.03. The van der Waals surface area contributed by atoms with Crippen molar-refractivity contribution in [3.05, 3.63) is 0 Å². The molecule has 0 aromatic rings. The molecule has 2 rings (SSSR count). The highest BCUT2D eigenvalue weighted by molar-refractivity contribution is 7.99. The van der Waals surface area contributed by atoms with Crippen LogP contribution in [-0.2, 0) is 0 Å². The second kappa shape index (κ2) is 1.92. The highest BCUT2D eigenvalue weighted by atomic mass is 32.2. The van der Waals surface area contributed by atoms with Gasteiger partial charge in [0, 0.05) is 0 Å². The molecule has 0 amide bonds. The minimum absolute atomic E-state index is 1.03. The Kier molecular flexibility index (Phi) is 1.23. The molecule has 2 aliphatic heterocycles. The van der Waals surface area contributed by atoms with E-state index in [1.165, 1.54) is 24.6 Å². The average Bonchev–Trinajstić information content (AvgIpc) is 2.15. The van der Waals surface area contributed by atoms with Crippen LogP contribution in [-0.4, -0.2) is 24.6 Å². The van der Waals surface area contributed by atoms with Gasteiger partial charge in [0.25, 0.3) is 0 Å². The molecule has 2 atom stereocenters. The number of nitrogens with one attached hydrogen (secondary N) is 1. The van der Waals surface area contributed by atoms with Crippen molar-refractivity contribution in [1.82, 2.24) is 5.32 Å². The van der Waals surface area contributed by atoms with Crippen molar-refractivity contribution in [2.24, 2.45) is 11.8 Å². The van der Waals surface area contributed by atoms with Gasteiger partial charge in [-0.05, 0) is 36.4 Å². The quantitative estimate of drug-likeness (QED) is 0.513. The standard InChI is InChI=1S/C6H11NS/c1-5-3-8-4-6(5)2-7-1/h5-7H,1-4H2. The van der Waals surface area contributed by atoms with Crippen molar-refractivity contribution >= 4 is 11.8 Å². The van der Waals surface area contributed by atoms with E-state index in [1.807, 2.05) is 0 Å². The number of rotatable bonds is 0. The molecular formula is C6H11NS. The minimum Gasteiger partial charge on any atom is -0.316 e. The number of thioether (sulfide) groups is 1. The molecule has 0 aliphatic carbocycles. The summed E-state index contributed by atoms with van der Waals surface area (Å²) in [6.07, 6.45) is 0. The van der Waals surface area contributed by atoms with Crippen molar-refractivity contribution in [3.8, 4) is 0 Å². The first kappa shape index (κ1) is 5.12. The van der Waals surface area contributed by atoms with Crippen molar-refractivity contribution < 1.29 is 0 Å². The summed E-state index contributed by atoms with van der Waals surface area (Å²) in [5.74, 6) is 4.88. The van der Waals surface area contributed by atoms with Gasteiger partial charge in [-0.1, -0.05) is 0 Å². The lowest BCUT2D eigenvalue weighted by atomic mass is 10.0. The molecule has 2 fully saturated rings. The van der Waals surface area contributed by atoms with Crippen LogP contribution in [0, 0.1) is 11.8 Å². The fourth-order valence-corrected chi connectivity index (χ4v) is 3.07. The van der Waals surface area contributed by atoms with Crippen LogP contribution >= 0.6 is 11.8 Å². The van der Waals surface area contributed by atoms with Crippen LogP contribution in [0.3, 0.4) is 0 Å². The molecule has 0 radical (unpaired) electrons. The first-order chi connectivity index (χ1) is 3.97. The fraction of sp³-hybridized carbons (Fsp3) is 1.00. The van der Waals surface area contributed by atoms with E-state index >= 15 is 0 Å². The molecule has 8 heavy (non-hydrogen) atoms. The molecule has 0 saturated carbocycles. The Hall–Kier alpha value is 0.310. The fourth-order valence-electron chi connectivity index (χ4n) is 1.55. The molecule has 1 N–H and O–H groups in total. The summed E-state index contributed by atoms with van der Waals surface area (Å²) >= 11 is 2.13. The molecule has 0 aromatic carbocycles. The first-order valence-corrected chi connectivity index (χ1v) is 4.41. The maximum absolute atomic E-state index is 3.41. The SMILES string of the molecule is C1NCC2CSCC12. The molecule has 46 valence electrons. The van der Waals surface area contributed by atoms with Crippen molar-refractivity contribution in [2.45, 2.75) is 0 Å². The van der Waals surface area contributed by atoms with Gasteiger partial charge in [-0.15, -0.1) is 0 Å². The van der Waals surface area contributed by atoms with Crippen molar-refractivity contribution in [1.29, 1.82) is 0 Å². The van der Waals surface area contributed by atoms with E-state index in [0.717, 1.165) is 11.8 Å². The van der Waals surface area contributed by atoms with Crippen LogP contribution < -0.4 is 5.32 Å². The zero-order valence-corrected chi connectivity index (χ0v) is 5.71. The van der Waals surface area contributed by atoms with Gasteiger partial charge in [0.2, 0.25) is 0 Å². The predicted octanol–water partition coefficient (Wildman–Crippen LogP) is 0.569. The monoisotopic (exact) mass is 129 g/mol. The Labute approximate surface area is 54.2 Å². The van der Waals surface area contributed by atoms with Gasteiger partial charge < -0.3 is 5.32 Å². The lowest BCUT2D eigenvalue weighted by Gasteiger charge is -2.01. The smallest absolute Gasteiger partial charge is 0.000907 e. The summed E-state index contributed by atoms with van der Waals surface area (Å²) in [4.78, 5) is 0. The molecule has 0 aromatic heterocycles. The van der Waals surface area contributed by atoms with Gasteiger partial charge in [0.15, 0.2) is 0 Å². The van der Waals surface area contributed by atoms with Crippen LogP contribution in [0.4, 0.5) is 0 Å². The van der Waals surface area contributed by atoms with Crippen LogP contribution in [0.5, 0.6) is 0 Å². The molecular weight excluding hydrogens is 118 g/mol. The lowest BCUT2D eigenvalue weighted by molar-refractivity contribution is 0.533. The predicted molar refractivity (Wildman–Crippen MR) is 37.2 cm³/mol. The second-order valence-electron chi connectivity index (χ2n) is 2.72. The second-order valence-corrected chi connectivity index (χ2v) is 3.79. The van der Waals surface area contributed by atoms with E-state index in [2.05, 4.69) is 17.1 Å². The summed E-state index contributed by atoms with van der Waals surface area (Å²) < 4.78 is 0. The van der Waals surface area contributed by atoms with E-state index in [1.54, 1.807) is 0 Å². The molecule has 2 aliphatic rings. The molecule has 2 heteroatoms. The first-order valence-electron chi connectivity index (χ1n) is 3.25. The van der Waals surface area contributed by atoms with Crippen molar-refractivity contribution in [3.63, 3.8) is 0 Å². The van der Waals surface area contributed by atoms with Gasteiger partial charge in [0.05, 0.1) is 0 Å².